The molecule has 0 bridgehead atoms. The van der Waals surface area contributed by atoms with E-state index in [-0.39, 0.29) is 5.78 Å². The van der Waals surface area contributed by atoms with E-state index in [2.05, 4.69) is 37.0 Å². The Morgan fingerprint density at radius 2 is 2.31 bits per heavy atom. The first kappa shape index (κ1) is 12.0. The third-order valence-electron chi connectivity index (χ3n) is 2.12. The monoisotopic (exact) mass is 362 g/mol. The van der Waals surface area contributed by atoms with Gasteiger partial charge in [0, 0.05) is 17.2 Å². The van der Waals surface area contributed by atoms with Gasteiger partial charge in [-0.3, -0.25) is 9.48 Å². The van der Waals surface area contributed by atoms with Gasteiger partial charge < -0.3 is 0 Å². The number of nitrogens with zero attached hydrogens (tertiary/aromatic N) is 2. The highest BCUT2D eigenvalue weighted by Gasteiger charge is 2.17. The average molecular weight is 364 g/mol. The Balaban J connectivity index is 2.39. The van der Waals surface area contributed by atoms with Crippen LogP contribution in [0.5, 0.6) is 0 Å². The normalized spacial score (nSPS) is 10.7. The molecule has 0 aromatic carbocycles. The zero-order valence-electron chi connectivity index (χ0n) is 8.41. The maximum absolute atomic E-state index is 12.2. The van der Waals surface area contributed by atoms with E-state index in [9.17, 15) is 4.79 Å². The molecular weight excluding hydrogens is 356 g/mol. The molecule has 2 rings (SSSR count). The lowest BCUT2D eigenvalue weighted by Gasteiger charge is -2.01. The van der Waals surface area contributed by atoms with Gasteiger partial charge in [0.25, 0.3) is 0 Å². The first-order chi connectivity index (χ1) is 7.63. The van der Waals surface area contributed by atoms with Crippen LogP contribution in [0.15, 0.2) is 26.6 Å². The van der Waals surface area contributed by atoms with Gasteiger partial charge in [-0.15, -0.1) is 11.3 Å². The molecule has 0 aliphatic rings. The molecule has 3 nitrogen and oxygen atoms in total. The molecule has 6 heteroatoms. The molecule has 2 aromatic heterocycles. The van der Waals surface area contributed by atoms with E-state index >= 15 is 0 Å². The number of aryl methyl sites for hydroxylation is 1. The first-order valence-corrected chi connectivity index (χ1v) is 7.05. The molecule has 16 heavy (non-hydrogen) atoms. The van der Waals surface area contributed by atoms with E-state index in [1.807, 2.05) is 13.0 Å². The fraction of sp³-hybridized carbons (Fsp3) is 0.200. The van der Waals surface area contributed by atoms with E-state index < -0.39 is 0 Å². The molecule has 2 aromatic rings. The summed E-state index contributed by atoms with van der Waals surface area (Å²) in [7, 11) is 0. The number of carbonyl (C=O) groups is 1. The number of aromatic nitrogens is 2. The number of ketones is 1. The van der Waals surface area contributed by atoms with Gasteiger partial charge in [-0.2, -0.15) is 5.10 Å². The highest BCUT2D eigenvalue weighted by molar-refractivity contribution is 9.13. The maximum atomic E-state index is 12.2. The second kappa shape index (κ2) is 4.81. The molecule has 84 valence electrons. The van der Waals surface area contributed by atoms with Crippen LogP contribution in [0.3, 0.4) is 0 Å². The summed E-state index contributed by atoms with van der Waals surface area (Å²) in [6.07, 6.45) is 1.65. The summed E-state index contributed by atoms with van der Waals surface area (Å²) in [4.78, 5) is 12.9. The zero-order chi connectivity index (χ0) is 11.7. The van der Waals surface area contributed by atoms with Crippen LogP contribution < -0.4 is 0 Å². The summed E-state index contributed by atoms with van der Waals surface area (Å²) in [5.41, 5.74) is 0.628. The van der Waals surface area contributed by atoms with Crippen molar-refractivity contribution in [1.29, 1.82) is 0 Å². The van der Waals surface area contributed by atoms with Crippen LogP contribution in [0.25, 0.3) is 0 Å². The molecule has 0 saturated carbocycles. The molecule has 0 fully saturated rings. The van der Waals surface area contributed by atoms with Crippen molar-refractivity contribution < 1.29 is 4.79 Å². The fourth-order valence-electron chi connectivity index (χ4n) is 1.36. The molecule has 0 spiro atoms. The molecule has 0 amide bonds. The molecular formula is C10H8Br2N2OS. The van der Waals surface area contributed by atoms with Crippen LogP contribution >= 0.6 is 43.2 Å². The van der Waals surface area contributed by atoms with Gasteiger partial charge in [-0.25, -0.2) is 0 Å². The third kappa shape index (κ3) is 2.14. The minimum Gasteiger partial charge on any atom is -0.286 e. The van der Waals surface area contributed by atoms with Gasteiger partial charge in [0.05, 0.1) is 8.66 Å². The topological polar surface area (TPSA) is 34.9 Å². The summed E-state index contributed by atoms with van der Waals surface area (Å²) < 4.78 is 3.53. The molecule has 0 N–H and O–H groups in total. The maximum Gasteiger partial charge on any atom is 0.221 e. The van der Waals surface area contributed by atoms with E-state index in [4.69, 9.17) is 0 Å². The Hall–Kier alpha value is -0.460. The Kier molecular flexibility index (Phi) is 3.61. The summed E-state index contributed by atoms with van der Waals surface area (Å²) in [5, 5.41) is 4.09. The summed E-state index contributed by atoms with van der Waals surface area (Å²) in [6.45, 7) is 2.66. The number of hydrogen-bond acceptors (Lipinski definition) is 3. The van der Waals surface area contributed by atoms with E-state index in [1.165, 1.54) is 11.3 Å². The lowest BCUT2D eigenvalue weighted by Crippen LogP contribution is -2.09. The smallest absolute Gasteiger partial charge is 0.221 e. The third-order valence-corrected chi connectivity index (χ3v) is 5.37. The lowest BCUT2D eigenvalue weighted by molar-refractivity contribution is 0.103. The number of hydrogen-bond donors (Lipinski definition) is 0. The average Bonchev–Trinajstić information content (AvgIpc) is 2.85. The minimum absolute atomic E-state index is 0.00995. The second-order valence-corrected chi connectivity index (χ2v) is 6.32. The van der Waals surface area contributed by atoms with Crippen molar-refractivity contribution in [3.05, 3.63) is 37.2 Å². The van der Waals surface area contributed by atoms with Crippen LogP contribution in [0.1, 0.15) is 22.3 Å². The SMILES string of the molecule is CCn1nccc1C(=O)c1cc(Br)c(Br)s1. The van der Waals surface area contributed by atoms with Gasteiger partial charge in [0.1, 0.15) is 5.69 Å². The molecule has 0 atom stereocenters. The van der Waals surface area contributed by atoms with E-state index in [0.29, 0.717) is 17.1 Å². The van der Waals surface area contributed by atoms with Crippen LogP contribution in [0.4, 0.5) is 0 Å². The predicted octanol–water partition coefficient (Wildman–Crippen LogP) is 3.72. The quantitative estimate of drug-likeness (QED) is 0.779. The molecule has 0 aliphatic heterocycles. The van der Waals surface area contributed by atoms with Gasteiger partial charge in [-0.05, 0) is 50.9 Å². The van der Waals surface area contributed by atoms with Crippen molar-refractivity contribution in [2.24, 2.45) is 0 Å². The van der Waals surface area contributed by atoms with Crippen LogP contribution in [-0.2, 0) is 6.54 Å². The number of carbonyl (C=O) groups excluding carboxylic acids is 1. The Morgan fingerprint density at radius 3 is 2.88 bits per heavy atom. The minimum atomic E-state index is 0.00995. The highest BCUT2D eigenvalue weighted by Crippen LogP contribution is 2.33. The Bertz CT molecular complexity index is 513. The molecule has 0 radical (unpaired) electrons. The van der Waals surface area contributed by atoms with Crippen molar-refractivity contribution in [3.63, 3.8) is 0 Å². The van der Waals surface area contributed by atoms with Gasteiger partial charge in [-0.1, -0.05) is 0 Å². The number of rotatable bonds is 3. The molecule has 0 unspecified atom stereocenters. The molecule has 0 aliphatic carbocycles. The highest BCUT2D eigenvalue weighted by atomic mass is 79.9. The van der Waals surface area contributed by atoms with E-state index in [0.717, 1.165) is 8.26 Å². The largest absolute Gasteiger partial charge is 0.286 e. The van der Waals surface area contributed by atoms with Crippen molar-refractivity contribution in [1.82, 2.24) is 9.78 Å². The summed E-state index contributed by atoms with van der Waals surface area (Å²) in [6, 6.07) is 3.57. The first-order valence-electron chi connectivity index (χ1n) is 4.64. The van der Waals surface area contributed by atoms with Crippen LogP contribution in [0.2, 0.25) is 0 Å². The van der Waals surface area contributed by atoms with Crippen molar-refractivity contribution in [3.8, 4) is 0 Å². The van der Waals surface area contributed by atoms with Crippen molar-refractivity contribution >= 4 is 49.0 Å². The van der Waals surface area contributed by atoms with Crippen LogP contribution in [0, 0.1) is 0 Å². The standard InChI is InChI=1S/C10H8Br2N2OS/c1-2-14-7(3-4-13-14)9(15)8-5-6(11)10(12)16-8/h3-5H,2H2,1H3. The lowest BCUT2D eigenvalue weighted by atomic mass is 10.2. The van der Waals surface area contributed by atoms with Crippen molar-refractivity contribution in [2.75, 3.05) is 0 Å². The predicted molar refractivity (Wildman–Crippen MR) is 71.1 cm³/mol. The zero-order valence-corrected chi connectivity index (χ0v) is 12.4. The van der Waals surface area contributed by atoms with Gasteiger partial charge in [0.2, 0.25) is 5.78 Å². The van der Waals surface area contributed by atoms with Crippen molar-refractivity contribution in [2.45, 2.75) is 13.5 Å². The molecule has 0 saturated heterocycles. The summed E-state index contributed by atoms with van der Waals surface area (Å²) >= 11 is 8.17. The molecule has 2 heterocycles. The number of thiophene rings is 1. The Morgan fingerprint density at radius 1 is 1.56 bits per heavy atom. The Labute approximate surface area is 114 Å². The van der Waals surface area contributed by atoms with Crippen LogP contribution in [-0.4, -0.2) is 15.6 Å². The fourth-order valence-corrected chi connectivity index (χ4v) is 3.35. The second-order valence-electron chi connectivity index (χ2n) is 3.09. The number of halogens is 2. The van der Waals surface area contributed by atoms with Gasteiger partial charge in [0.15, 0.2) is 0 Å². The van der Waals surface area contributed by atoms with E-state index in [1.54, 1.807) is 16.9 Å². The summed E-state index contributed by atoms with van der Waals surface area (Å²) in [5.74, 6) is 0.00995. The van der Waals surface area contributed by atoms with Gasteiger partial charge >= 0.3 is 0 Å².